The van der Waals surface area contributed by atoms with E-state index in [0.29, 0.717) is 5.82 Å². The number of anilines is 1. The van der Waals surface area contributed by atoms with Crippen molar-refractivity contribution in [2.75, 3.05) is 5.01 Å². The van der Waals surface area contributed by atoms with E-state index in [0.717, 1.165) is 10.6 Å². The molecule has 7 heteroatoms. The van der Waals surface area contributed by atoms with Gasteiger partial charge in [0.1, 0.15) is 6.61 Å². The fourth-order valence-electron chi connectivity index (χ4n) is 1.81. The normalized spacial score (nSPS) is 15.0. The Morgan fingerprint density at radius 1 is 1.43 bits per heavy atom. The largest absolute Gasteiger partial charge is 0.272 e. The minimum atomic E-state index is -0.306. The number of hydrogen-bond donors (Lipinski definition) is 0. The van der Waals surface area contributed by atoms with Crippen LogP contribution < -0.4 is 5.01 Å². The summed E-state index contributed by atoms with van der Waals surface area (Å²) in [4.78, 5) is 32.2. The summed E-state index contributed by atoms with van der Waals surface area (Å²) in [6, 6.07) is 3.54. The zero-order valence-electron chi connectivity index (χ0n) is 11.7. The fourth-order valence-corrected chi connectivity index (χ4v) is 1.81. The van der Waals surface area contributed by atoms with Crippen molar-refractivity contribution >= 4 is 24.3 Å². The van der Waals surface area contributed by atoms with Gasteiger partial charge in [-0.25, -0.2) is 9.99 Å². The first-order chi connectivity index (χ1) is 10.2. The second-order valence-corrected chi connectivity index (χ2v) is 4.35. The van der Waals surface area contributed by atoms with Crippen molar-refractivity contribution in [3.05, 3.63) is 36.2 Å². The van der Waals surface area contributed by atoms with Gasteiger partial charge in [0.15, 0.2) is 5.82 Å². The van der Waals surface area contributed by atoms with Crippen molar-refractivity contribution in [2.24, 2.45) is 5.10 Å². The van der Waals surface area contributed by atoms with Gasteiger partial charge in [-0.05, 0) is 18.6 Å². The molecule has 0 saturated carbocycles. The Morgan fingerprint density at radius 3 is 2.67 bits per heavy atom. The zero-order valence-corrected chi connectivity index (χ0v) is 11.7. The van der Waals surface area contributed by atoms with Gasteiger partial charge in [-0.2, -0.15) is 10.2 Å². The van der Waals surface area contributed by atoms with Crippen LogP contribution in [0.15, 0.2) is 35.7 Å². The smallest absolute Gasteiger partial charge is 0.254 e. The molecule has 0 unspecified atom stereocenters. The number of amides is 2. The highest BCUT2D eigenvalue weighted by Crippen LogP contribution is 2.16. The predicted octanol–water partition coefficient (Wildman–Crippen LogP) is 1.62. The summed E-state index contributed by atoms with van der Waals surface area (Å²) >= 11 is 0. The van der Waals surface area contributed by atoms with E-state index < -0.39 is 0 Å². The van der Waals surface area contributed by atoms with Gasteiger partial charge in [-0.15, -0.1) is 0 Å². The standard InChI is InChI=1S/C14H16N4O3/c1-3-8-17(15-2)12-5-4-11(9-16-12)10-21-18-13(19)6-7-14(18)20/h3-5,8-9H,2,6-7,10H2,1H3/b8-3-. The third kappa shape index (κ3) is 3.51. The predicted molar refractivity (Wildman–Crippen MR) is 77.0 cm³/mol. The Balaban J connectivity index is 1.98. The molecule has 0 atom stereocenters. The molecule has 21 heavy (non-hydrogen) atoms. The van der Waals surface area contributed by atoms with Crippen LogP contribution in [0, 0.1) is 0 Å². The van der Waals surface area contributed by atoms with Gasteiger partial charge in [-0.1, -0.05) is 12.1 Å². The van der Waals surface area contributed by atoms with Crippen molar-refractivity contribution in [3.63, 3.8) is 0 Å². The lowest BCUT2D eigenvalue weighted by molar-refractivity contribution is -0.191. The summed E-state index contributed by atoms with van der Waals surface area (Å²) in [5, 5.41) is 6.16. The van der Waals surface area contributed by atoms with Crippen LogP contribution in [-0.2, 0) is 21.0 Å². The highest BCUT2D eigenvalue weighted by Gasteiger charge is 2.30. The Kier molecular flexibility index (Phi) is 4.78. The van der Waals surface area contributed by atoms with Gasteiger partial charge < -0.3 is 0 Å². The fraction of sp³-hybridized carbons (Fsp3) is 0.286. The number of hydrogen-bond acceptors (Lipinski definition) is 6. The lowest BCUT2D eigenvalue weighted by Gasteiger charge is -2.14. The Hall–Kier alpha value is -2.54. The first kappa shape index (κ1) is 14.9. The van der Waals surface area contributed by atoms with Crippen LogP contribution in [0.4, 0.5) is 5.82 Å². The highest BCUT2D eigenvalue weighted by molar-refractivity contribution is 6.00. The molecule has 0 aromatic carbocycles. The van der Waals surface area contributed by atoms with Crippen LogP contribution >= 0.6 is 0 Å². The maximum absolute atomic E-state index is 11.4. The van der Waals surface area contributed by atoms with Crippen molar-refractivity contribution in [3.8, 4) is 0 Å². The molecule has 1 aliphatic heterocycles. The van der Waals surface area contributed by atoms with Gasteiger partial charge in [0.25, 0.3) is 11.8 Å². The lowest BCUT2D eigenvalue weighted by Crippen LogP contribution is -2.29. The quantitative estimate of drug-likeness (QED) is 0.451. The van der Waals surface area contributed by atoms with Crippen molar-refractivity contribution in [1.29, 1.82) is 0 Å². The minimum Gasteiger partial charge on any atom is -0.272 e. The van der Waals surface area contributed by atoms with Gasteiger partial charge in [0, 0.05) is 32.0 Å². The number of carbonyl (C=O) groups is 2. The van der Waals surface area contributed by atoms with Crippen molar-refractivity contribution < 1.29 is 14.4 Å². The number of rotatable bonds is 6. The molecular formula is C14H16N4O3. The molecule has 1 aromatic heterocycles. The van der Waals surface area contributed by atoms with Crippen molar-refractivity contribution in [2.45, 2.75) is 26.4 Å². The molecule has 1 fully saturated rings. The molecule has 1 aliphatic rings. The van der Waals surface area contributed by atoms with Crippen LogP contribution in [0.25, 0.3) is 0 Å². The number of carbonyl (C=O) groups excluding carboxylic acids is 2. The van der Waals surface area contributed by atoms with Gasteiger partial charge in [-0.3, -0.25) is 14.4 Å². The van der Waals surface area contributed by atoms with Gasteiger partial charge in [0.05, 0.1) is 0 Å². The van der Waals surface area contributed by atoms with E-state index in [4.69, 9.17) is 4.84 Å². The van der Waals surface area contributed by atoms with E-state index in [1.54, 1.807) is 24.5 Å². The SMILES string of the molecule is C=NN(/C=C\C)c1ccc(CON2C(=O)CCC2=O)cn1. The number of allylic oxidation sites excluding steroid dienone is 1. The molecule has 7 nitrogen and oxygen atoms in total. The number of hydrazone groups is 1. The first-order valence-electron chi connectivity index (χ1n) is 6.48. The number of aromatic nitrogens is 1. The second kappa shape index (κ2) is 6.76. The number of imide groups is 1. The lowest BCUT2D eigenvalue weighted by atomic mass is 10.3. The Labute approximate surface area is 122 Å². The first-order valence-corrected chi connectivity index (χ1v) is 6.48. The summed E-state index contributed by atoms with van der Waals surface area (Å²) in [5.41, 5.74) is 0.746. The summed E-state index contributed by atoms with van der Waals surface area (Å²) in [6.45, 7) is 5.43. The van der Waals surface area contributed by atoms with Crippen LogP contribution in [-0.4, -0.2) is 28.6 Å². The zero-order chi connectivity index (χ0) is 15.2. The molecule has 110 valence electrons. The number of nitrogens with zero attached hydrogens (tertiary/aromatic N) is 4. The average Bonchev–Trinajstić information content (AvgIpc) is 2.82. The van der Waals surface area contributed by atoms with Crippen molar-refractivity contribution in [1.82, 2.24) is 10.0 Å². The highest BCUT2D eigenvalue weighted by atomic mass is 16.7. The molecule has 1 saturated heterocycles. The summed E-state index contributed by atoms with van der Waals surface area (Å²) in [7, 11) is 0. The van der Waals surface area contributed by atoms with Crippen LogP contribution in [0.5, 0.6) is 0 Å². The van der Waals surface area contributed by atoms with Gasteiger partial charge in [0.2, 0.25) is 0 Å². The third-order valence-electron chi connectivity index (χ3n) is 2.85. The molecule has 2 amide bonds. The molecule has 0 spiro atoms. The maximum Gasteiger partial charge on any atom is 0.254 e. The molecule has 2 rings (SSSR count). The van der Waals surface area contributed by atoms with Gasteiger partial charge >= 0.3 is 0 Å². The molecular weight excluding hydrogens is 272 g/mol. The van der Waals surface area contributed by atoms with E-state index in [-0.39, 0.29) is 31.3 Å². The van der Waals surface area contributed by atoms with E-state index >= 15 is 0 Å². The third-order valence-corrected chi connectivity index (χ3v) is 2.85. The number of hydroxylamine groups is 2. The second-order valence-electron chi connectivity index (χ2n) is 4.35. The molecule has 0 radical (unpaired) electrons. The number of pyridine rings is 1. The molecule has 1 aromatic rings. The Bertz CT molecular complexity index is 552. The summed E-state index contributed by atoms with van der Waals surface area (Å²) < 4.78 is 0. The van der Waals surface area contributed by atoms with Crippen LogP contribution in [0.3, 0.4) is 0 Å². The molecule has 0 bridgehead atoms. The van der Waals surface area contributed by atoms with E-state index in [9.17, 15) is 9.59 Å². The summed E-state index contributed by atoms with van der Waals surface area (Å²) in [6.07, 6.45) is 5.56. The van der Waals surface area contributed by atoms with E-state index in [2.05, 4.69) is 16.8 Å². The molecule has 0 N–H and O–H groups in total. The maximum atomic E-state index is 11.4. The Morgan fingerprint density at radius 2 is 2.14 bits per heavy atom. The van der Waals surface area contributed by atoms with E-state index in [1.807, 2.05) is 13.0 Å². The van der Waals surface area contributed by atoms with E-state index in [1.165, 1.54) is 5.01 Å². The summed E-state index contributed by atoms with van der Waals surface area (Å²) in [5.74, 6) is -0.000403. The minimum absolute atomic E-state index is 0.107. The average molecular weight is 288 g/mol. The van der Waals surface area contributed by atoms with Crippen LogP contribution in [0.2, 0.25) is 0 Å². The molecule has 2 heterocycles. The molecule has 0 aliphatic carbocycles. The van der Waals surface area contributed by atoms with Crippen LogP contribution in [0.1, 0.15) is 25.3 Å². The monoisotopic (exact) mass is 288 g/mol. The topological polar surface area (TPSA) is 75.1 Å².